The molecular formula is C29H38N4O5S. The quantitative estimate of drug-likeness (QED) is 0.370. The number of hydrogen-bond acceptors (Lipinski definition) is 8. The Bertz CT molecular complexity index is 1460. The summed E-state index contributed by atoms with van der Waals surface area (Å²) in [4.78, 5) is 23.1. The normalized spacial score (nSPS) is 17.4. The van der Waals surface area contributed by atoms with Gasteiger partial charge in [0.1, 0.15) is 17.0 Å². The van der Waals surface area contributed by atoms with Crippen LogP contribution in [0.15, 0.2) is 47.3 Å². The third kappa shape index (κ3) is 6.55. The number of benzene rings is 2. The molecule has 1 aromatic heterocycles. The van der Waals surface area contributed by atoms with Gasteiger partial charge in [0.2, 0.25) is 0 Å². The van der Waals surface area contributed by atoms with Crippen molar-refractivity contribution in [3.63, 3.8) is 0 Å². The lowest BCUT2D eigenvalue weighted by atomic mass is 9.89. The van der Waals surface area contributed by atoms with Gasteiger partial charge in [0, 0.05) is 45.7 Å². The summed E-state index contributed by atoms with van der Waals surface area (Å²) in [7, 11) is -2.05. The summed E-state index contributed by atoms with van der Waals surface area (Å²) in [5.74, 6) is 1.47. The maximum absolute atomic E-state index is 13.7. The fraction of sp³-hybridized carbons (Fsp3) is 0.517. The average Bonchev–Trinajstić information content (AvgIpc) is 2.94. The van der Waals surface area contributed by atoms with Crippen molar-refractivity contribution in [3.05, 3.63) is 58.5 Å². The first-order valence-electron chi connectivity index (χ1n) is 13.8. The van der Waals surface area contributed by atoms with Gasteiger partial charge in [-0.1, -0.05) is 37.5 Å². The lowest BCUT2D eigenvalue weighted by molar-refractivity contribution is 0.259. The van der Waals surface area contributed by atoms with Gasteiger partial charge in [-0.3, -0.25) is 9.69 Å². The van der Waals surface area contributed by atoms with Crippen molar-refractivity contribution in [2.75, 3.05) is 51.0 Å². The van der Waals surface area contributed by atoms with Gasteiger partial charge in [0.15, 0.2) is 5.75 Å². The predicted octanol–water partition coefficient (Wildman–Crippen LogP) is 3.69. The SMILES string of the molecule is COc1ccccc1N1CCN(CCc2nc3c(OS(C)(=O)=O)cccc3n(CC3CCCCC3)c2=O)CC1. The largest absolute Gasteiger partial charge is 0.495 e. The molecule has 0 bridgehead atoms. The Morgan fingerprint density at radius 1 is 0.949 bits per heavy atom. The fourth-order valence-corrected chi connectivity index (χ4v) is 6.32. The minimum Gasteiger partial charge on any atom is -0.495 e. The van der Waals surface area contributed by atoms with Gasteiger partial charge in [-0.05, 0) is 43.0 Å². The lowest BCUT2D eigenvalue weighted by Gasteiger charge is -2.36. The Labute approximate surface area is 230 Å². The number of hydrogen-bond donors (Lipinski definition) is 0. The summed E-state index contributed by atoms with van der Waals surface area (Å²) >= 11 is 0. The molecule has 1 aliphatic carbocycles. The molecule has 5 rings (SSSR count). The van der Waals surface area contributed by atoms with E-state index >= 15 is 0 Å². The maximum Gasteiger partial charge on any atom is 0.306 e. The van der Waals surface area contributed by atoms with Crippen LogP contribution in [0.3, 0.4) is 0 Å². The molecule has 1 saturated heterocycles. The monoisotopic (exact) mass is 554 g/mol. The van der Waals surface area contributed by atoms with Crippen molar-refractivity contribution in [1.82, 2.24) is 14.5 Å². The first-order valence-corrected chi connectivity index (χ1v) is 15.7. The van der Waals surface area contributed by atoms with Gasteiger partial charge in [0.25, 0.3) is 5.56 Å². The molecule has 0 amide bonds. The second-order valence-electron chi connectivity index (χ2n) is 10.6. The van der Waals surface area contributed by atoms with E-state index in [2.05, 4.69) is 15.9 Å². The van der Waals surface area contributed by atoms with Crippen molar-refractivity contribution in [3.8, 4) is 11.5 Å². The summed E-state index contributed by atoms with van der Waals surface area (Å²) in [5.41, 5.74) is 2.52. The van der Waals surface area contributed by atoms with Crippen molar-refractivity contribution in [2.45, 2.75) is 45.1 Å². The molecule has 0 unspecified atom stereocenters. The first-order chi connectivity index (χ1) is 18.8. The van der Waals surface area contributed by atoms with Crippen molar-refractivity contribution < 1.29 is 17.3 Å². The van der Waals surface area contributed by atoms with E-state index in [0.717, 1.165) is 56.7 Å². The zero-order valence-corrected chi connectivity index (χ0v) is 23.7. The molecule has 1 saturated carbocycles. The standard InChI is InChI=1S/C29H38N4O5S/c1-37-26-13-7-6-11-24(26)32-19-17-31(18-20-32)16-15-23-29(34)33(21-22-9-4-3-5-10-22)25-12-8-14-27(28(25)30-23)38-39(2,35)36/h6-8,11-14,22H,3-5,9-10,15-21H2,1-2H3. The van der Waals surface area contributed by atoms with E-state index in [-0.39, 0.29) is 11.3 Å². The summed E-state index contributed by atoms with van der Waals surface area (Å²) in [6.45, 7) is 4.78. The minimum absolute atomic E-state index is 0.0859. The molecule has 0 atom stereocenters. The number of ether oxygens (including phenoxy) is 1. The molecule has 2 fully saturated rings. The number of piperazine rings is 1. The van der Waals surface area contributed by atoms with E-state index in [4.69, 9.17) is 13.9 Å². The number of para-hydroxylation sites is 3. The second-order valence-corrected chi connectivity index (χ2v) is 12.2. The van der Waals surface area contributed by atoms with E-state index in [1.807, 2.05) is 28.8 Å². The third-order valence-electron chi connectivity index (χ3n) is 7.88. The molecule has 210 valence electrons. The Morgan fingerprint density at radius 3 is 2.38 bits per heavy atom. The van der Waals surface area contributed by atoms with Crippen molar-refractivity contribution in [2.24, 2.45) is 5.92 Å². The summed E-state index contributed by atoms with van der Waals surface area (Å²) in [5, 5.41) is 0. The molecule has 2 aliphatic rings. The highest BCUT2D eigenvalue weighted by molar-refractivity contribution is 7.86. The van der Waals surface area contributed by atoms with Crippen LogP contribution in [-0.2, 0) is 23.1 Å². The highest BCUT2D eigenvalue weighted by Gasteiger charge is 2.23. The van der Waals surface area contributed by atoms with E-state index in [1.165, 1.54) is 19.3 Å². The van der Waals surface area contributed by atoms with E-state index in [1.54, 1.807) is 19.2 Å². The number of aromatic nitrogens is 2. The smallest absolute Gasteiger partial charge is 0.306 e. The molecular weight excluding hydrogens is 516 g/mol. The topological polar surface area (TPSA) is 94.0 Å². The molecule has 0 spiro atoms. The Hall–Kier alpha value is -3.11. The van der Waals surface area contributed by atoms with Gasteiger partial charge in [-0.2, -0.15) is 8.42 Å². The number of methoxy groups -OCH3 is 1. The lowest BCUT2D eigenvalue weighted by Crippen LogP contribution is -2.47. The average molecular weight is 555 g/mol. The van der Waals surface area contributed by atoms with Crippen LogP contribution in [0.25, 0.3) is 11.0 Å². The molecule has 9 nitrogen and oxygen atoms in total. The van der Waals surface area contributed by atoms with Gasteiger partial charge in [-0.25, -0.2) is 4.98 Å². The van der Waals surface area contributed by atoms with E-state index in [0.29, 0.717) is 42.2 Å². The molecule has 2 aromatic carbocycles. The molecule has 39 heavy (non-hydrogen) atoms. The van der Waals surface area contributed by atoms with Crippen LogP contribution in [0.2, 0.25) is 0 Å². The van der Waals surface area contributed by atoms with Crippen molar-refractivity contribution in [1.29, 1.82) is 0 Å². The molecule has 0 N–H and O–H groups in total. The minimum atomic E-state index is -3.74. The fourth-order valence-electron chi connectivity index (χ4n) is 5.86. The van der Waals surface area contributed by atoms with Crippen LogP contribution < -0.4 is 19.4 Å². The second kappa shape index (κ2) is 12.0. The predicted molar refractivity (Wildman–Crippen MR) is 153 cm³/mol. The van der Waals surface area contributed by atoms with E-state index < -0.39 is 10.1 Å². The molecule has 3 aromatic rings. The molecule has 2 heterocycles. The highest BCUT2D eigenvalue weighted by atomic mass is 32.2. The van der Waals surface area contributed by atoms with Crippen LogP contribution in [-0.4, -0.2) is 69.0 Å². The number of anilines is 1. The van der Waals surface area contributed by atoms with Gasteiger partial charge in [0.05, 0.1) is 24.6 Å². The van der Waals surface area contributed by atoms with Gasteiger partial charge in [-0.15, -0.1) is 0 Å². The summed E-state index contributed by atoms with van der Waals surface area (Å²) in [6.07, 6.45) is 7.31. The zero-order valence-electron chi connectivity index (χ0n) is 22.8. The first kappa shape index (κ1) is 27.5. The summed E-state index contributed by atoms with van der Waals surface area (Å²) in [6, 6.07) is 13.2. The molecule has 1 aliphatic heterocycles. The highest BCUT2D eigenvalue weighted by Crippen LogP contribution is 2.30. The van der Waals surface area contributed by atoms with Crippen LogP contribution in [0.5, 0.6) is 11.5 Å². The van der Waals surface area contributed by atoms with Crippen LogP contribution in [0.1, 0.15) is 37.8 Å². The number of rotatable bonds is 9. The van der Waals surface area contributed by atoms with Crippen LogP contribution >= 0.6 is 0 Å². The van der Waals surface area contributed by atoms with Crippen LogP contribution in [0.4, 0.5) is 5.69 Å². The van der Waals surface area contributed by atoms with Crippen LogP contribution in [0, 0.1) is 5.92 Å². The third-order valence-corrected chi connectivity index (χ3v) is 8.36. The van der Waals surface area contributed by atoms with Crippen molar-refractivity contribution >= 4 is 26.8 Å². The Kier molecular flexibility index (Phi) is 8.42. The Morgan fingerprint density at radius 2 is 1.67 bits per heavy atom. The summed E-state index contributed by atoms with van der Waals surface area (Å²) < 4.78 is 36.6. The maximum atomic E-state index is 13.7. The zero-order chi connectivity index (χ0) is 27.4. The number of fused-ring (bicyclic) bond motifs is 1. The van der Waals surface area contributed by atoms with Gasteiger partial charge >= 0.3 is 10.1 Å². The molecule has 0 radical (unpaired) electrons. The van der Waals surface area contributed by atoms with Gasteiger partial charge < -0.3 is 18.4 Å². The Balaban J connectivity index is 1.37. The molecule has 10 heteroatoms. The van der Waals surface area contributed by atoms with E-state index in [9.17, 15) is 13.2 Å². The number of nitrogens with zero attached hydrogens (tertiary/aromatic N) is 4.